The number of amides is 1. The normalized spacial score (nSPS) is 16.1. The molecule has 6 nitrogen and oxygen atoms in total. The van der Waals surface area contributed by atoms with E-state index in [1.807, 2.05) is 12.1 Å². The zero-order valence-corrected chi connectivity index (χ0v) is 23.1. The molecule has 3 aromatic rings. The van der Waals surface area contributed by atoms with Gasteiger partial charge in [-0.1, -0.05) is 31.2 Å². The lowest BCUT2D eigenvalue weighted by Crippen LogP contribution is -2.41. The number of anilines is 1. The number of nitrogens with one attached hydrogen (secondary N) is 1. The van der Waals surface area contributed by atoms with Gasteiger partial charge < -0.3 is 5.32 Å². The van der Waals surface area contributed by atoms with Crippen LogP contribution in [0.25, 0.3) is 0 Å². The molecular weight excluding hydrogens is 546 g/mol. The number of para-hydroxylation sites is 1. The van der Waals surface area contributed by atoms with Gasteiger partial charge >= 0.3 is 0 Å². The molecule has 0 saturated carbocycles. The molecule has 1 saturated heterocycles. The fourth-order valence-corrected chi connectivity index (χ4v) is 7.29. The van der Waals surface area contributed by atoms with Crippen molar-refractivity contribution in [3.63, 3.8) is 0 Å². The van der Waals surface area contributed by atoms with Gasteiger partial charge in [-0.05, 0) is 89.6 Å². The molecule has 1 N–H and O–H groups in total. The number of benzene rings is 2. The molecule has 0 spiro atoms. The number of rotatable bonds is 8. The summed E-state index contributed by atoms with van der Waals surface area (Å²) in [6.07, 6.45) is 2.30. The van der Waals surface area contributed by atoms with Gasteiger partial charge in [-0.2, -0.15) is 0 Å². The van der Waals surface area contributed by atoms with Crippen molar-refractivity contribution in [1.82, 2.24) is 10.2 Å². The quantitative estimate of drug-likeness (QED) is 0.383. The summed E-state index contributed by atoms with van der Waals surface area (Å²) in [7, 11) is -2.36. The maximum absolute atomic E-state index is 13.3. The summed E-state index contributed by atoms with van der Waals surface area (Å²) in [5, 5.41) is 5.12. The molecule has 0 bridgehead atoms. The van der Waals surface area contributed by atoms with Crippen LogP contribution in [0.15, 0.2) is 75.4 Å². The third-order valence-electron chi connectivity index (χ3n) is 6.54. The second-order valence-electron chi connectivity index (χ2n) is 8.91. The number of carbonyl (C=O) groups excluding carboxylic acids is 1. The van der Waals surface area contributed by atoms with Crippen LogP contribution in [0.4, 0.5) is 5.69 Å². The number of sulfonamides is 1. The minimum Gasteiger partial charge on any atom is -0.350 e. The van der Waals surface area contributed by atoms with Gasteiger partial charge in [-0.25, -0.2) is 8.42 Å². The fourth-order valence-electron chi connectivity index (χ4n) is 4.29. The number of halogens is 1. The lowest BCUT2D eigenvalue weighted by molar-refractivity contribution is 0.0914. The van der Waals surface area contributed by atoms with Crippen molar-refractivity contribution in [1.29, 1.82) is 0 Å². The van der Waals surface area contributed by atoms with Gasteiger partial charge in [0.15, 0.2) is 0 Å². The van der Waals surface area contributed by atoms with E-state index in [1.54, 1.807) is 47.7 Å². The fraction of sp³-hybridized carbons (Fsp3) is 0.346. The molecule has 1 unspecified atom stereocenters. The molecule has 1 fully saturated rings. The summed E-state index contributed by atoms with van der Waals surface area (Å²) in [5.74, 6) is 0.435. The zero-order valence-electron chi connectivity index (χ0n) is 19.9. The largest absolute Gasteiger partial charge is 0.350 e. The molecular formula is C26H30BrN3O3S2. The third kappa shape index (κ3) is 5.97. The minimum atomic E-state index is -3.87. The number of nitrogens with zero attached hydrogens (tertiary/aromatic N) is 2. The zero-order chi connectivity index (χ0) is 25.0. The number of likely N-dealkylation sites (tertiary alicyclic amines) is 1. The minimum absolute atomic E-state index is 0.0522. The van der Waals surface area contributed by atoms with E-state index in [9.17, 15) is 13.2 Å². The van der Waals surface area contributed by atoms with Gasteiger partial charge in [0.2, 0.25) is 0 Å². The Morgan fingerprint density at radius 3 is 2.51 bits per heavy atom. The van der Waals surface area contributed by atoms with Crippen LogP contribution in [0.3, 0.4) is 0 Å². The van der Waals surface area contributed by atoms with Crippen LogP contribution in [0.2, 0.25) is 0 Å². The standard InChI is InChI=1S/C26H30BrN3O3S2/c1-19-12-14-30(15-13-19)23(24-9-6-16-34-24)18-28-26(31)20-10-11-22(27)25(17-20)35(32,33)29(2)21-7-4-3-5-8-21/h3-11,16-17,19,23H,12-15,18H2,1-2H3,(H,28,31). The summed E-state index contributed by atoms with van der Waals surface area (Å²) in [5.41, 5.74) is 0.856. The van der Waals surface area contributed by atoms with Crippen LogP contribution < -0.4 is 9.62 Å². The van der Waals surface area contributed by atoms with Crippen LogP contribution >= 0.6 is 27.3 Å². The van der Waals surface area contributed by atoms with Gasteiger partial charge in [0.1, 0.15) is 4.90 Å². The van der Waals surface area contributed by atoms with Crippen molar-refractivity contribution in [3.8, 4) is 0 Å². The molecule has 1 amide bonds. The highest BCUT2D eigenvalue weighted by molar-refractivity contribution is 9.10. The Hall–Kier alpha value is -2.20. The van der Waals surface area contributed by atoms with Crippen molar-refractivity contribution < 1.29 is 13.2 Å². The highest BCUT2D eigenvalue weighted by atomic mass is 79.9. The molecule has 0 aliphatic carbocycles. The van der Waals surface area contributed by atoms with Gasteiger partial charge in [0, 0.05) is 28.5 Å². The third-order valence-corrected chi connectivity index (χ3v) is 10.3. The van der Waals surface area contributed by atoms with Gasteiger partial charge in [-0.15, -0.1) is 11.3 Å². The first-order valence-electron chi connectivity index (χ1n) is 11.7. The molecule has 2 heterocycles. The summed E-state index contributed by atoms with van der Waals surface area (Å²) in [6.45, 7) is 4.77. The van der Waals surface area contributed by atoms with E-state index in [2.05, 4.69) is 44.5 Å². The van der Waals surface area contributed by atoms with E-state index in [4.69, 9.17) is 0 Å². The maximum Gasteiger partial charge on any atom is 0.265 e. The van der Waals surface area contributed by atoms with Crippen molar-refractivity contribution in [2.75, 3.05) is 31.0 Å². The summed E-state index contributed by atoms with van der Waals surface area (Å²) < 4.78 is 28.3. The Bertz CT molecular complexity index is 1240. The van der Waals surface area contributed by atoms with Crippen molar-refractivity contribution in [2.24, 2.45) is 5.92 Å². The van der Waals surface area contributed by atoms with Crippen LogP contribution in [0, 0.1) is 5.92 Å². The first kappa shape index (κ1) is 25.9. The van der Waals surface area contributed by atoms with Gasteiger partial charge in [-0.3, -0.25) is 14.0 Å². The predicted octanol–water partition coefficient (Wildman–Crippen LogP) is 5.54. The Morgan fingerprint density at radius 1 is 1.14 bits per heavy atom. The van der Waals surface area contributed by atoms with Crippen molar-refractivity contribution >= 4 is 48.9 Å². The average Bonchev–Trinajstić information content (AvgIpc) is 3.40. The smallest absolute Gasteiger partial charge is 0.265 e. The molecule has 2 aromatic carbocycles. The Labute approximate surface area is 220 Å². The second-order valence-corrected chi connectivity index (χ2v) is 12.7. The summed E-state index contributed by atoms with van der Waals surface area (Å²) >= 11 is 5.06. The van der Waals surface area contributed by atoms with E-state index < -0.39 is 10.0 Å². The Kier molecular flexibility index (Phi) is 8.31. The molecule has 0 radical (unpaired) electrons. The topological polar surface area (TPSA) is 69.7 Å². The van der Waals surface area contributed by atoms with E-state index in [-0.39, 0.29) is 16.8 Å². The first-order chi connectivity index (χ1) is 16.8. The van der Waals surface area contributed by atoms with Gasteiger partial charge in [0.25, 0.3) is 15.9 Å². The summed E-state index contributed by atoms with van der Waals surface area (Å²) in [4.78, 5) is 16.9. The molecule has 4 rings (SSSR count). The maximum atomic E-state index is 13.3. The number of hydrogen-bond acceptors (Lipinski definition) is 5. The average molecular weight is 577 g/mol. The van der Waals surface area contributed by atoms with E-state index >= 15 is 0 Å². The van der Waals surface area contributed by atoms with Crippen LogP contribution in [0.1, 0.15) is 41.0 Å². The van der Waals surface area contributed by atoms with Crippen LogP contribution in [-0.4, -0.2) is 45.9 Å². The summed E-state index contributed by atoms with van der Waals surface area (Å²) in [6, 6.07) is 17.8. The van der Waals surface area contributed by atoms with Crippen LogP contribution in [-0.2, 0) is 10.0 Å². The molecule has 186 valence electrons. The van der Waals surface area contributed by atoms with Crippen molar-refractivity contribution in [2.45, 2.75) is 30.7 Å². The lowest BCUT2D eigenvalue weighted by Gasteiger charge is -2.36. The highest BCUT2D eigenvalue weighted by Crippen LogP contribution is 2.30. The molecule has 1 atom stereocenters. The Morgan fingerprint density at radius 2 is 1.86 bits per heavy atom. The number of hydrogen-bond donors (Lipinski definition) is 1. The lowest BCUT2D eigenvalue weighted by atomic mass is 9.97. The van der Waals surface area contributed by atoms with Crippen molar-refractivity contribution in [3.05, 3.63) is 81.0 Å². The monoisotopic (exact) mass is 575 g/mol. The number of piperidine rings is 1. The molecule has 1 aliphatic heterocycles. The SMILES string of the molecule is CC1CCN(C(CNC(=O)c2ccc(Br)c(S(=O)(=O)N(C)c3ccccc3)c2)c2cccs2)CC1. The van der Waals surface area contributed by atoms with Gasteiger partial charge in [0.05, 0.1) is 11.7 Å². The number of carbonyl (C=O) groups is 1. The molecule has 1 aromatic heterocycles. The first-order valence-corrected chi connectivity index (χ1v) is 14.8. The number of thiophene rings is 1. The predicted molar refractivity (Wildman–Crippen MR) is 146 cm³/mol. The Balaban J connectivity index is 1.52. The molecule has 35 heavy (non-hydrogen) atoms. The second kappa shape index (κ2) is 11.2. The van der Waals surface area contributed by atoms with E-state index in [0.717, 1.165) is 31.8 Å². The molecule has 9 heteroatoms. The van der Waals surface area contributed by atoms with E-state index in [0.29, 0.717) is 22.3 Å². The van der Waals surface area contributed by atoms with E-state index in [1.165, 1.54) is 22.3 Å². The highest BCUT2D eigenvalue weighted by Gasteiger charge is 2.27. The van der Waals surface area contributed by atoms with Crippen LogP contribution in [0.5, 0.6) is 0 Å². The molecule has 1 aliphatic rings.